The van der Waals surface area contributed by atoms with Gasteiger partial charge in [0.05, 0.1) is 11.4 Å². The molecule has 3 aromatic heterocycles. The summed E-state index contributed by atoms with van der Waals surface area (Å²) in [4.78, 5) is 4.33. The zero-order chi connectivity index (χ0) is 18.1. The van der Waals surface area contributed by atoms with Crippen molar-refractivity contribution in [1.29, 1.82) is 0 Å². The van der Waals surface area contributed by atoms with E-state index in [0.29, 0.717) is 39.8 Å². The first-order chi connectivity index (χ1) is 12.6. The van der Waals surface area contributed by atoms with Crippen molar-refractivity contribution in [3.63, 3.8) is 0 Å². The van der Waals surface area contributed by atoms with Gasteiger partial charge in [0.15, 0.2) is 0 Å². The third kappa shape index (κ3) is 3.15. The lowest BCUT2D eigenvalue weighted by Crippen LogP contribution is -1.84. The second-order valence-corrected chi connectivity index (χ2v) is 6.67. The lowest BCUT2D eigenvalue weighted by molar-refractivity contribution is 0.399. The Labute approximate surface area is 153 Å². The SMILES string of the molecule is Cc1nc(SCc2nnc(-c3c(-c4ccccc4)noc3C)o2)oc1C. The highest BCUT2D eigenvalue weighted by Gasteiger charge is 2.22. The molecule has 0 spiro atoms. The summed E-state index contributed by atoms with van der Waals surface area (Å²) in [6, 6.07) is 9.76. The minimum atomic E-state index is 0.387. The van der Waals surface area contributed by atoms with Crippen LogP contribution in [0.4, 0.5) is 0 Å². The Hall–Kier alpha value is -2.87. The smallest absolute Gasteiger partial charge is 0.256 e. The molecule has 0 saturated heterocycles. The summed E-state index contributed by atoms with van der Waals surface area (Å²) in [7, 11) is 0. The molecule has 132 valence electrons. The van der Waals surface area contributed by atoms with Crippen molar-refractivity contribution >= 4 is 11.8 Å². The van der Waals surface area contributed by atoms with Crippen molar-refractivity contribution in [2.24, 2.45) is 0 Å². The Bertz CT molecular complexity index is 1020. The third-order valence-electron chi connectivity index (χ3n) is 3.92. The van der Waals surface area contributed by atoms with Gasteiger partial charge in [-0.1, -0.05) is 47.3 Å². The zero-order valence-electron chi connectivity index (χ0n) is 14.5. The largest absolute Gasteiger partial charge is 0.437 e. The molecule has 0 radical (unpaired) electrons. The van der Waals surface area contributed by atoms with Crippen LogP contribution in [0.15, 0.2) is 48.9 Å². The summed E-state index contributed by atoms with van der Waals surface area (Å²) in [5.41, 5.74) is 3.21. The molecule has 0 aliphatic heterocycles. The van der Waals surface area contributed by atoms with Crippen LogP contribution in [0.3, 0.4) is 0 Å². The quantitative estimate of drug-likeness (QED) is 0.472. The van der Waals surface area contributed by atoms with Crippen LogP contribution in [-0.2, 0) is 5.75 Å². The fraction of sp³-hybridized carbons (Fsp3) is 0.222. The molecular formula is C18H16N4O3S. The first-order valence-corrected chi connectivity index (χ1v) is 9.01. The monoisotopic (exact) mass is 368 g/mol. The molecule has 7 nitrogen and oxygen atoms in total. The second kappa shape index (κ2) is 6.80. The van der Waals surface area contributed by atoms with Crippen LogP contribution in [-0.4, -0.2) is 20.3 Å². The molecule has 4 aromatic rings. The van der Waals surface area contributed by atoms with Crippen LogP contribution in [0.5, 0.6) is 0 Å². The summed E-state index contributed by atoms with van der Waals surface area (Å²) in [5, 5.41) is 13.0. The molecule has 0 N–H and O–H groups in total. The third-order valence-corrected chi connectivity index (χ3v) is 4.73. The number of hydrogen-bond donors (Lipinski definition) is 0. The van der Waals surface area contributed by atoms with Crippen LogP contribution >= 0.6 is 11.8 Å². The molecule has 4 rings (SSSR count). The van der Waals surface area contributed by atoms with Crippen LogP contribution in [0, 0.1) is 20.8 Å². The standard InChI is InChI=1S/C18H16N4O3S/c1-10-11(2)23-18(19-10)26-9-14-20-21-17(24-14)15-12(3)25-22-16(15)13-7-5-4-6-8-13/h4-8H,9H2,1-3H3. The Morgan fingerprint density at radius 3 is 2.50 bits per heavy atom. The highest BCUT2D eigenvalue weighted by molar-refractivity contribution is 7.98. The highest BCUT2D eigenvalue weighted by atomic mass is 32.2. The Morgan fingerprint density at radius 2 is 1.77 bits per heavy atom. The van der Waals surface area contributed by atoms with E-state index in [1.807, 2.05) is 51.1 Å². The van der Waals surface area contributed by atoms with Gasteiger partial charge in [-0.25, -0.2) is 4.98 Å². The molecule has 0 aliphatic carbocycles. The maximum absolute atomic E-state index is 5.82. The summed E-state index contributed by atoms with van der Waals surface area (Å²) >= 11 is 1.41. The van der Waals surface area contributed by atoms with Gasteiger partial charge in [-0.05, 0) is 20.8 Å². The highest BCUT2D eigenvalue weighted by Crippen LogP contribution is 2.34. The first-order valence-electron chi connectivity index (χ1n) is 8.03. The second-order valence-electron chi connectivity index (χ2n) is 5.74. The summed E-state index contributed by atoms with van der Waals surface area (Å²) in [6.07, 6.45) is 0. The molecule has 1 aromatic carbocycles. The number of oxazole rings is 1. The van der Waals surface area contributed by atoms with E-state index in [-0.39, 0.29) is 0 Å². The van der Waals surface area contributed by atoms with Gasteiger partial charge in [0.1, 0.15) is 22.8 Å². The predicted molar refractivity (Wildman–Crippen MR) is 95.5 cm³/mol. The van der Waals surface area contributed by atoms with Crippen LogP contribution in [0.2, 0.25) is 0 Å². The van der Waals surface area contributed by atoms with Gasteiger partial charge < -0.3 is 13.4 Å². The molecular weight excluding hydrogens is 352 g/mol. The molecule has 0 unspecified atom stereocenters. The lowest BCUT2D eigenvalue weighted by atomic mass is 10.1. The van der Waals surface area contributed by atoms with Crippen molar-refractivity contribution in [2.45, 2.75) is 31.7 Å². The molecule has 0 fully saturated rings. The van der Waals surface area contributed by atoms with Crippen molar-refractivity contribution in [3.8, 4) is 22.7 Å². The molecule has 26 heavy (non-hydrogen) atoms. The van der Waals surface area contributed by atoms with E-state index in [1.165, 1.54) is 11.8 Å². The van der Waals surface area contributed by atoms with Crippen molar-refractivity contribution in [3.05, 3.63) is 53.4 Å². The minimum Gasteiger partial charge on any atom is -0.437 e. The summed E-state index contributed by atoms with van der Waals surface area (Å²) in [6.45, 7) is 5.62. The minimum absolute atomic E-state index is 0.387. The fourth-order valence-electron chi connectivity index (χ4n) is 2.46. The number of thioether (sulfide) groups is 1. The average Bonchev–Trinajstić information content (AvgIpc) is 3.33. The summed E-state index contributed by atoms with van der Waals surface area (Å²) < 4.78 is 16.7. The van der Waals surface area contributed by atoms with Crippen molar-refractivity contribution < 1.29 is 13.4 Å². The molecule has 0 aliphatic rings. The van der Waals surface area contributed by atoms with Gasteiger partial charge in [0.25, 0.3) is 11.1 Å². The predicted octanol–water partition coefficient (Wildman–Crippen LogP) is 4.60. The van der Waals surface area contributed by atoms with Crippen LogP contribution in [0.25, 0.3) is 22.7 Å². The van der Waals surface area contributed by atoms with Crippen LogP contribution < -0.4 is 0 Å². The molecule has 0 atom stereocenters. The van der Waals surface area contributed by atoms with E-state index >= 15 is 0 Å². The fourth-order valence-corrected chi connectivity index (χ4v) is 3.21. The van der Waals surface area contributed by atoms with E-state index < -0.39 is 0 Å². The van der Waals surface area contributed by atoms with Gasteiger partial charge in [-0.3, -0.25) is 0 Å². The van der Waals surface area contributed by atoms with Gasteiger partial charge in [-0.2, -0.15) is 0 Å². The van der Waals surface area contributed by atoms with Gasteiger partial charge in [0, 0.05) is 5.56 Å². The number of hydrogen-bond acceptors (Lipinski definition) is 8. The number of rotatable bonds is 5. The van der Waals surface area contributed by atoms with Crippen LogP contribution in [0.1, 0.15) is 23.1 Å². The summed E-state index contributed by atoms with van der Waals surface area (Å²) in [5.74, 6) is 2.78. The van der Waals surface area contributed by atoms with E-state index in [9.17, 15) is 0 Å². The number of nitrogens with zero attached hydrogens (tertiary/aromatic N) is 4. The Kier molecular flexibility index (Phi) is 4.34. The maximum atomic E-state index is 5.82. The molecule has 0 amide bonds. The van der Waals surface area contributed by atoms with Gasteiger partial charge in [0.2, 0.25) is 5.89 Å². The van der Waals surface area contributed by atoms with E-state index in [4.69, 9.17) is 13.4 Å². The van der Waals surface area contributed by atoms with Gasteiger partial charge in [-0.15, -0.1) is 10.2 Å². The molecule has 8 heteroatoms. The molecule has 0 saturated carbocycles. The van der Waals surface area contributed by atoms with E-state index in [1.54, 1.807) is 0 Å². The first kappa shape index (κ1) is 16.6. The lowest BCUT2D eigenvalue weighted by Gasteiger charge is -1.98. The Morgan fingerprint density at radius 1 is 0.962 bits per heavy atom. The van der Waals surface area contributed by atoms with Crippen molar-refractivity contribution in [1.82, 2.24) is 20.3 Å². The normalized spacial score (nSPS) is 11.2. The number of benzene rings is 1. The zero-order valence-corrected chi connectivity index (χ0v) is 15.3. The topological polar surface area (TPSA) is 91.0 Å². The maximum Gasteiger partial charge on any atom is 0.256 e. The Balaban J connectivity index is 1.58. The molecule has 3 heterocycles. The van der Waals surface area contributed by atoms with Crippen molar-refractivity contribution in [2.75, 3.05) is 0 Å². The van der Waals surface area contributed by atoms with E-state index in [2.05, 4.69) is 20.3 Å². The van der Waals surface area contributed by atoms with Gasteiger partial charge >= 0.3 is 0 Å². The van der Waals surface area contributed by atoms with E-state index in [0.717, 1.165) is 17.0 Å². The average molecular weight is 368 g/mol. The number of aromatic nitrogens is 4. The molecule has 0 bridgehead atoms. The number of aryl methyl sites for hydroxylation is 3.